The Bertz CT molecular complexity index is 704. The highest BCUT2D eigenvalue weighted by atomic mass is 16.5. The number of aromatic nitrogens is 2. The van der Waals surface area contributed by atoms with Gasteiger partial charge in [0.05, 0.1) is 24.9 Å². The molecule has 1 aromatic heterocycles. The van der Waals surface area contributed by atoms with Gasteiger partial charge in [-0.15, -0.1) is 0 Å². The Labute approximate surface area is 141 Å². The third-order valence-electron chi connectivity index (χ3n) is 4.26. The molecule has 0 bridgehead atoms. The Morgan fingerprint density at radius 2 is 2.21 bits per heavy atom. The summed E-state index contributed by atoms with van der Waals surface area (Å²) in [5.41, 5.74) is 0.940. The van der Waals surface area contributed by atoms with E-state index in [0.29, 0.717) is 18.7 Å². The largest absolute Gasteiger partial charge is 0.484 e. The molecule has 124 valence electrons. The van der Waals surface area contributed by atoms with Gasteiger partial charge in [-0.05, 0) is 30.5 Å². The topological polar surface area (TPSA) is 71.2 Å². The fourth-order valence-corrected chi connectivity index (χ4v) is 2.94. The van der Waals surface area contributed by atoms with Crippen molar-refractivity contribution in [3.63, 3.8) is 0 Å². The summed E-state index contributed by atoms with van der Waals surface area (Å²) in [5, 5.41) is 8.66. The van der Waals surface area contributed by atoms with E-state index in [1.54, 1.807) is 24.7 Å². The quantitative estimate of drug-likeness (QED) is 0.845. The predicted octanol–water partition coefficient (Wildman–Crippen LogP) is 2.19. The van der Waals surface area contributed by atoms with Gasteiger partial charge in [0.15, 0.2) is 6.61 Å². The molecule has 3 rings (SSSR count). The maximum absolute atomic E-state index is 12.4. The average Bonchev–Trinajstić information content (AvgIpc) is 3.16. The predicted molar refractivity (Wildman–Crippen MR) is 88.3 cm³/mol. The molecule has 0 N–H and O–H groups in total. The van der Waals surface area contributed by atoms with E-state index in [1.165, 1.54) is 0 Å². The first-order valence-electron chi connectivity index (χ1n) is 8.10. The smallest absolute Gasteiger partial charge is 0.260 e. The minimum absolute atomic E-state index is 0.000849. The lowest BCUT2D eigenvalue weighted by molar-refractivity contribution is -0.135. The number of benzene rings is 1. The number of carbonyl (C=O) groups is 1. The van der Waals surface area contributed by atoms with Crippen molar-refractivity contribution in [3.8, 4) is 11.8 Å². The van der Waals surface area contributed by atoms with Crippen LogP contribution >= 0.6 is 0 Å². The number of piperidine rings is 1. The molecule has 2 aromatic rings. The Balaban J connectivity index is 1.52. The van der Waals surface area contributed by atoms with E-state index < -0.39 is 0 Å². The van der Waals surface area contributed by atoms with Gasteiger partial charge in [0.25, 0.3) is 5.91 Å². The van der Waals surface area contributed by atoms with Crippen LogP contribution in [0.5, 0.6) is 5.75 Å². The molecule has 24 heavy (non-hydrogen) atoms. The number of hydrogen-bond acceptors (Lipinski definition) is 4. The van der Waals surface area contributed by atoms with Gasteiger partial charge in [0.1, 0.15) is 5.75 Å². The van der Waals surface area contributed by atoms with Gasteiger partial charge < -0.3 is 14.2 Å². The maximum Gasteiger partial charge on any atom is 0.260 e. The molecule has 1 amide bonds. The van der Waals surface area contributed by atoms with Gasteiger partial charge in [0.2, 0.25) is 0 Å². The van der Waals surface area contributed by atoms with Crippen LogP contribution in [0, 0.1) is 11.3 Å². The molecule has 1 aromatic carbocycles. The van der Waals surface area contributed by atoms with Gasteiger partial charge in [-0.1, -0.05) is 12.1 Å². The van der Waals surface area contributed by atoms with Crippen LogP contribution in [0.4, 0.5) is 0 Å². The highest BCUT2D eigenvalue weighted by molar-refractivity contribution is 5.77. The number of nitrogens with zero attached hydrogens (tertiary/aromatic N) is 4. The number of hydrogen-bond donors (Lipinski definition) is 0. The second-order valence-corrected chi connectivity index (χ2v) is 5.91. The number of rotatable bonds is 5. The minimum atomic E-state index is 0.000849. The van der Waals surface area contributed by atoms with Crippen molar-refractivity contribution in [2.45, 2.75) is 25.3 Å². The fourth-order valence-electron chi connectivity index (χ4n) is 2.94. The molecular formula is C18H20N4O2. The molecule has 1 unspecified atom stereocenters. The van der Waals surface area contributed by atoms with Gasteiger partial charge in [-0.25, -0.2) is 4.98 Å². The van der Waals surface area contributed by atoms with Crippen molar-refractivity contribution >= 4 is 5.91 Å². The van der Waals surface area contributed by atoms with E-state index in [-0.39, 0.29) is 18.6 Å². The van der Waals surface area contributed by atoms with Crippen LogP contribution in [-0.2, 0) is 11.2 Å². The molecule has 1 atom stereocenters. The zero-order chi connectivity index (χ0) is 16.8. The lowest BCUT2D eigenvalue weighted by atomic mass is 10.1. The molecule has 6 nitrogen and oxygen atoms in total. The van der Waals surface area contributed by atoms with Crippen molar-refractivity contribution in [3.05, 3.63) is 48.5 Å². The van der Waals surface area contributed by atoms with Crippen molar-refractivity contribution < 1.29 is 9.53 Å². The van der Waals surface area contributed by atoms with E-state index in [2.05, 4.69) is 15.6 Å². The Morgan fingerprint density at radius 1 is 1.38 bits per heavy atom. The number of ether oxygens (including phenoxy) is 1. The number of amides is 1. The lowest BCUT2D eigenvalue weighted by Gasteiger charge is -2.33. The van der Waals surface area contributed by atoms with Gasteiger partial charge in [-0.2, -0.15) is 5.26 Å². The van der Waals surface area contributed by atoms with E-state index in [0.717, 1.165) is 24.9 Å². The number of imidazole rings is 1. The standard InChI is InChI=1S/C18H20N4O2/c19-8-7-15-3-5-17(6-4-15)24-13-18(23)21-10-1-2-16(12-21)22-11-9-20-14-22/h3-6,9,11,14,16H,1-2,7,10,12-13H2. The summed E-state index contributed by atoms with van der Waals surface area (Å²) < 4.78 is 7.65. The highest BCUT2D eigenvalue weighted by Gasteiger charge is 2.24. The highest BCUT2D eigenvalue weighted by Crippen LogP contribution is 2.21. The molecule has 6 heteroatoms. The molecule has 1 saturated heterocycles. The summed E-state index contributed by atoms with van der Waals surface area (Å²) in [6.07, 6.45) is 7.93. The third-order valence-corrected chi connectivity index (χ3v) is 4.26. The monoisotopic (exact) mass is 324 g/mol. The van der Waals surface area contributed by atoms with Crippen LogP contribution in [0.2, 0.25) is 0 Å². The first kappa shape index (κ1) is 16.1. The summed E-state index contributed by atoms with van der Waals surface area (Å²) in [7, 11) is 0. The van der Waals surface area contributed by atoms with Gasteiger partial charge in [-0.3, -0.25) is 4.79 Å². The van der Waals surface area contributed by atoms with Gasteiger partial charge >= 0.3 is 0 Å². The summed E-state index contributed by atoms with van der Waals surface area (Å²) in [4.78, 5) is 18.3. The zero-order valence-electron chi connectivity index (χ0n) is 13.5. The van der Waals surface area contributed by atoms with Crippen molar-refractivity contribution in [2.75, 3.05) is 19.7 Å². The first-order chi connectivity index (χ1) is 11.8. The molecule has 0 saturated carbocycles. The van der Waals surface area contributed by atoms with E-state index in [4.69, 9.17) is 10.00 Å². The van der Waals surface area contributed by atoms with Crippen molar-refractivity contribution in [1.29, 1.82) is 5.26 Å². The average molecular weight is 324 g/mol. The minimum Gasteiger partial charge on any atom is -0.484 e. The van der Waals surface area contributed by atoms with Crippen LogP contribution in [0.15, 0.2) is 43.0 Å². The van der Waals surface area contributed by atoms with Crippen molar-refractivity contribution in [1.82, 2.24) is 14.5 Å². The summed E-state index contributed by atoms with van der Waals surface area (Å²) >= 11 is 0. The number of nitriles is 1. The van der Waals surface area contributed by atoms with Crippen LogP contribution in [-0.4, -0.2) is 40.1 Å². The number of likely N-dealkylation sites (tertiary alicyclic amines) is 1. The summed E-state index contributed by atoms with van der Waals surface area (Å²) in [6.45, 7) is 1.50. The van der Waals surface area contributed by atoms with E-state index >= 15 is 0 Å². The van der Waals surface area contributed by atoms with E-state index in [9.17, 15) is 4.79 Å². The molecule has 0 spiro atoms. The number of carbonyl (C=O) groups excluding carboxylic acids is 1. The van der Waals surface area contributed by atoms with Crippen LogP contribution in [0.3, 0.4) is 0 Å². The Morgan fingerprint density at radius 3 is 2.92 bits per heavy atom. The molecule has 1 fully saturated rings. The first-order valence-corrected chi connectivity index (χ1v) is 8.10. The van der Waals surface area contributed by atoms with Gasteiger partial charge in [0, 0.05) is 25.5 Å². The lowest BCUT2D eigenvalue weighted by Crippen LogP contribution is -2.42. The Hall–Kier alpha value is -2.81. The molecule has 1 aliphatic rings. The van der Waals surface area contributed by atoms with E-state index in [1.807, 2.05) is 23.2 Å². The molecule has 2 heterocycles. The zero-order valence-corrected chi connectivity index (χ0v) is 13.5. The SMILES string of the molecule is N#CCc1ccc(OCC(=O)N2CCCC(n3ccnc3)C2)cc1. The van der Waals surface area contributed by atoms with Crippen LogP contribution in [0.1, 0.15) is 24.4 Å². The van der Waals surface area contributed by atoms with Crippen molar-refractivity contribution in [2.24, 2.45) is 0 Å². The summed E-state index contributed by atoms with van der Waals surface area (Å²) in [6, 6.07) is 9.68. The second kappa shape index (κ2) is 7.64. The van der Waals surface area contributed by atoms with Crippen LogP contribution < -0.4 is 4.74 Å². The fraction of sp³-hybridized carbons (Fsp3) is 0.389. The third kappa shape index (κ3) is 3.93. The molecular weight excluding hydrogens is 304 g/mol. The molecule has 0 radical (unpaired) electrons. The molecule has 1 aliphatic heterocycles. The Kier molecular flexibility index (Phi) is 5.12. The second-order valence-electron chi connectivity index (χ2n) is 5.91. The normalized spacial score (nSPS) is 17.3. The summed E-state index contributed by atoms with van der Waals surface area (Å²) in [5.74, 6) is 0.647. The van der Waals surface area contributed by atoms with Crippen LogP contribution in [0.25, 0.3) is 0 Å². The molecule has 0 aliphatic carbocycles. The maximum atomic E-state index is 12.4.